The van der Waals surface area contributed by atoms with Gasteiger partial charge < -0.3 is 24.4 Å². The van der Waals surface area contributed by atoms with Gasteiger partial charge in [0.15, 0.2) is 6.61 Å². The van der Waals surface area contributed by atoms with Crippen molar-refractivity contribution in [3.05, 3.63) is 64.3 Å². The molecule has 192 valence electrons. The summed E-state index contributed by atoms with van der Waals surface area (Å²) >= 11 is 0. The molecule has 0 bridgehead atoms. The number of hydrogen-bond acceptors (Lipinski definition) is 6. The molecule has 1 N–H and O–H groups in total. The molecule has 2 aliphatic heterocycles. The zero-order valence-corrected chi connectivity index (χ0v) is 21.2. The predicted octanol–water partition coefficient (Wildman–Crippen LogP) is 3.86. The Balaban J connectivity index is 0.00000304. The standard InChI is InChI=1S/C26H31N5O4.ClH/c1-28-10-2-3-22(28)15-19-17-27-25-9-8-23(16-24(19)25)35-18-26(32)30-13-11-29(12-14-30)20-4-6-21(7-5-20)31(33)34;/h4-9,16-17,22,27H,2-3,10-15,18H2,1H3;1H/t22-;/m1./s1. The van der Waals surface area contributed by atoms with Crippen molar-refractivity contribution in [3.8, 4) is 5.75 Å². The van der Waals surface area contributed by atoms with Crippen molar-refractivity contribution in [2.75, 3.05) is 51.3 Å². The van der Waals surface area contributed by atoms with Gasteiger partial charge in [-0.05, 0) is 68.8 Å². The minimum absolute atomic E-state index is 0. The van der Waals surface area contributed by atoms with Gasteiger partial charge in [0, 0.05) is 67.1 Å². The number of amides is 1. The highest BCUT2D eigenvalue weighted by atomic mass is 35.5. The number of anilines is 1. The maximum absolute atomic E-state index is 12.8. The summed E-state index contributed by atoms with van der Waals surface area (Å²) in [5.41, 5.74) is 3.38. The van der Waals surface area contributed by atoms with Crippen molar-refractivity contribution in [2.45, 2.75) is 25.3 Å². The van der Waals surface area contributed by atoms with Crippen LogP contribution in [0.3, 0.4) is 0 Å². The molecule has 3 heterocycles. The average Bonchev–Trinajstić information content (AvgIpc) is 3.48. The summed E-state index contributed by atoms with van der Waals surface area (Å²) in [7, 11) is 2.19. The minimum atomic E-state index is -0.400. The smallest absolute Gasteiger partial charge is 0.269 e. The number of halogens is 1. The number of aromatic nitrogens is 1. The molecule has 5 rings (SSSR count). The molecule has 9 nitrogen and oxygen atoms in total. The number of likely N-dealkylation sites (N-methyl/N-ethyl adjacent to an activating group) is 1. The molecule has 2 aromatic carbocycles. The number of hydrogen-bond donors (Lipinski definition) is 1. The van der Waals surface area contributed by atoms with Crippen LogP contribution < -0.4 is 9.64 Å². The first-order valence-corrected chi connectivity index (χ1v) is 12.2. The number of nitro benzene ring substituents is 1. The Morgan fingerprint density at radius 2 is 1.86 bits per heavy atom. The molecule has 36 heavy (non-hydrogen) atoms. The lowest BCUT2D eigenvalue weighted by Gasteiger charge is -2.36. The molecule has 10 heteroatoms. The highest BCUT2D eigenvalue weighted by Gasteiger charge is 2.23. The molecule has 0 unspecified atom stereocenters. The number of nitrogens with one attached hydrogen (secondary N) is 1. The molecule has 0 saturated carbocycles. The van der Waals surface area contributed by atoms with E-state index in [1.165, 1.54) is 30.5 Å². The molecule has 2 fully saturated rings. The summed E-state index contributed by atoms with van der Waals surface area (Å²) < 4.78 is 5.90. The van der Waals surface area contributed by atoms with Crippen LogP contribution in [0, 0.1) is 10.1 Å². The van der Waals surface area contributed by atoms with Gasteiger partial charge in [0.05, 0.1) is 4.92 Å². The Morgan fingerprint density at radius 3 is 2.53 bits per heavy atom. The van der Waals surface area contributed by atoms with E-state index in [2.05, 4.69) is 28.0 Å². The van der Waals surface area contributed by atoms with Crippen LogP contribution in [-0.4, -0.2) is 78.0 Å². The van der Waals surface area contributed by atoms with E-state index in [-0.39, 0.29) is 30.6 Å². The number of fused-ring (bicyclic) bond motifs is 1. The monoisotopic (exact) mass is 513 g/mol. The van der Waals surface area contributed by atoms with E-state index < -0.39 is 4.92 Å². The SMILES string of the molecule is CN1CCC[C@@H]1Cc1c[nH]c2ccc(OCC(=O)N3CCN(c4ccc([N+](=O)[O-])cc4)CC3)cc12.Cl. The van der Waals surface area contributed by atoms with Crippen LogP contribution in [0.1, 0.15) is 18.4 Å². The van der Waals surface area contributed by atoms with Crippen LogP contribution >= 0.6 is 12.4 Å². The Kier molecular flexibility index (Phi) is 8.01. The van der Waals surface area contributed by atoms with Gasteiger partial charge in [0.2, 0.25) is 0 Å². The van der Waals surface area contributed by atoms with Gasteiger partial charge in [-0.1, -0.05) is 0 Å². The van der Waals surface area contributed by atoms with Crippen LogP contribution in [0.25, 0.3) is 10.9 Å². The van der Waals surface area contributed by atoms with Crippen LogP contribution in [0.15, 0.2) is 48.7 Å². The Morgan fingerprint density at radius 1 is 1.11 bits per heavy atom. The number of aromatic amines is 1. The minimum Gasteiger partial charge on any atom is -0.484 e. The van der Waals surface area contributed by atoms with Crippen molar-refractivity contribution in [1.29, 1.82) is 0 Å². The van der Waals surface area contributed by atoms with Crippen LogP contribution in [0.5, 0.6) is 5.75 Å². The van der Waals surface area contributed by atoms with E-state index in [0.29, 0.717) is 38.0 Å². The molecule has 0 spiro atoms. The number of piperazine rings is 1. The van der Waals surface area contributed by atoms with E-state index in [0.717, 1.165) is 29.6 Å². The van der Waals surface area contributed by atoms with Gasteiger partial charge in [-0.3, -0.25) is 14.9 Å². The van der Waals surface area contributed by atoms with Gasteiger partial charge in [0.25, 0.3) is 11.6 Å². The second-order valence-electron chi connectivity index (χ2n) is 9.43. The fourth-order valence-electron chi connectivity index (χ4n) is 5.14. The van der Waals surface area contributed by atoms with Crippen LogP contribution in [-0.2, 0) is 11.2 Å². The van der Waals surface area contributed by atoms with E-state index in [4.69, 9.17) is 4.74 Å². The van der Waals surface area contributed by atoms with Crippen molar-refractivity contribution in [1.82, 2.24) is 14.8 Å². The molecule has 1 amide bonds. The average molecular weight is 514 g/mol. The summed E-state index contributed by atoms with van der Waals surface area (Å²) in [6.07, 6.45) is 5.58. The van der Waals surface area contributed by atoms with Gasteiger partial charge in [-0.15, -0.1) is 12.4 Å². The Labute approximate surface area is 216 Å². The number of likely N-dealkylation sites (tertiary alicyclic amines) is 1. The number of carbonyl (C=O) groups is 1. The fourth-order valence-corrected chi connectivity index (χ4v) is 5.14. The second kappa shape index (κ2) is 11.2. The Hall–Kier alpha value is -3.30. The normalized spacial score (nSPS) is 18.3. The van der Waals surface area contributed by atoms with Gasteiger partial charge in [-0.2, -0.15) is 0 Å². The highest BCUT2D eigenvalue weighted by molar-refractivity contribution is 5.85. The van der Waals surface area contributed by atoms with Crippen molar-refractivity contribution < 1.29 is 14.5 Å². The van der Waals surface area contributed by atoms with Crippen LogP contribution in [0.4, 0.5) is 11.4 Å². The zero-order chi connectivity index (χ0) is 24.4. The number of rotatable bonds is 7. The summed E-state index contributed by atoms with van der Waals surface area (Å²) in [4.78, 5) is 33.0. The second-order valence-corrected chi connectivity index (χ2v) is 9.43. The number of H-pyrrole nitrogens is 1. The van der Waals surface area contributed by atoms with Gasteiger partial charge >= 0.3 is 0 Å². The number of non-ortho nitro benzene ring substituents is 1. The highest BCUT2D eigenvalue weighted by Crippen LogP contribution is 2.28. The maximum Gasteiger partial charge on any atom is 0.269 e. The number of benzene rings is 2. The van der Waals surface area contributed by atoms with Gasteiger partial charge in [-0.25, -0.2) is 0 Å². The molecular weight excluding hydrogens is 482 g/mol. The number of ether oxygens (including phenoxy) is 1. The van der Waals surface area contributed by atoms with Crippen molar-refractivity contribution in [2.24, 2.45) is 0 Å². The third kappa shape index (κ3) is 5.57. The molecule has 0 aliphatic carbocycles. The van der Waals surface area contributed by atoms with Gasteiger partial charge in [0.1, 0.15) is 5.75 Å². The first-order chi connectivity index (χ1) is 17.0. The maximum atomic E-state index is 12.8. The van der Waals surface area contributed by atoms with E-state index in [1.54, 1.807) is 12.1 Å². The summed E-state index contributed by atoms with van der Waals surface area (Å²) in [5, 5.41) is 12.0. The summed E-state index contributed by atoms with van der Waals surface area (Å²) in [6.45, 7) is 3.71. The lowest BCUT2D eigenvalue weighted by Crippen LogP contribution is -2.50. The Bertz CT molecular complexity index is 1210. The number of nitro groups is 1. The quantitative estimate of drug-likeness (QED) is 0.381. The zero-order valence-electron chi connectivity index (χ0n) is 20.4. The molecule has 3 aromatic rings. The largest absolute Gasteiger partial charge is 0.484 e. The lowest BCUT2D eigenvalue weighted by molar-refractivity contribution is -0.384. The number of carbonyl (C=O) groups excluding carboxylic acids is 1. The van der Waals surface area contributed by atoms with E-state index in [9.17, 15) is 14.9 Å². The molecule has 2 saturated heterocycles. The van der Waals surface area contributed by atoms with E-state index in [1.807, 2.05) is 23.1 Å². The molecule has 2 aliphatic rings. The first-order valence-electron chi connectivity index (χ1n) is 12.2. The predicted molar refractivity (Wildman–Crippen MR) is 142 cm³/mol. The third-order valence-electron chi connectivity index (χ3n) is 7.29. The molecule has 0 radical (unpaired) electrons. The summed E-state index contributed by atoms with van der Waals surface area (Å²) in [6, 6.07) is 13.1. The van der Waals surface area contributed by atoms with E-state index >= 15 is 0 Å². The summed E-state index contributed by atoms with van der Waals surface area (Å²) in [5.74, 6) is 0.673. The first kappa shape index (κ1) is 25.8. The van der Waals surface area contributed by atoms with Crippen molar-refractivity contribution in [3.63, 3.8) is 0 Å². The van der Waals surface area contributed by atoms with Crippen molar-refractivity contribution >= 4 is 40.6 Å². The molecular formula is C26H32ClN5O4. The lowest BCUT2D eigenvalue weighted by atomic mass is 10.0. The molecule has 1 atom stereocenters. The fraction of sp³-hybridized carbons (Fsp3) is 0.423. The topological polar surface area (TPSA) is 95.0 Å². The molecule has 1 aromatic heterocycles. The third-order valence-corrected chi connectivity index (χ3v) is 7.29. The van der Waals surface area contributed by atoms with Crippen LogP contribution in [0.2, 0.25) is 0 Å². The number of nitrogens with zero attached hydrogens (tertiary/aromatic N) is 4.